The Morgan fingerprint density at radius 2 is 2.12 bits per heavy atom. The van der Waals surface area contributed by atoms with Crippen LogP contribution >= 0.6 is 0 Å². The molecule has 2 aromatic rings. The maximum Gasteiger partial charge on any atom is 0.408 e. The first-order chi connectivity index (χ1) is 7.51. The molecule has 0 aromatic carbocycles. The van der Waals surface area contributed by atoms with E-state index in [0.29, 0.717) is 4.68 Å². The Labute approximate surface area is 86.4 Å². The number of nitrogens with one attached hydrogen (secondary N) is 1. The highest BCUT2D eigenvalue weighted by atomic mass is 19.4. The van der Waals surface area contributed by atoms with Crippen LogP contribution in [0.4, 0.5) is 19.0 Å². The van der Waals surface area contributed by atoms with Gasteiger partial charge in [0.2, 0.25) is 0 Å². The van der Waals surface area contributed by atoms with E-state index >= 15 is 0 Å². The summed E-state index contributed by atoms with van der Waals surface area (Å²) in [5.74, 6) is 5.24. The van der Waals surface area contributed by atoms with E-state index in [4.69, 9.17) is 5.84 Å². The Kier molecular flexibility index (Phi) is 2.34. The first-order valence-corrected chi connectivity index (χ1v) is 4.09. The van der Waals surface area contributed by atoms with Crippen LogP contribution in [0.1, 0.15) is 0 Å². The lowest BCUT2D eigenvalue weighted by Gasteiger charge is -2.05. The molecule has 0 atom stereocenters. The van der Waals surface area contributed by atoms with E-state index in [1.54, 1.807) is 0 Å². The maximum absolute atomic E-state index is 12.2. The van der Waals surface area contributed by atoms with Gasteiger partial charge in [0.1, 0.15) is 12.9 Å². The minimum atomic E-state index is -4.39. The van der Waals surface area contributed by atoms with E-state index in [0.717, 1.165) is 6.33 Å². The summed E-state index contributed by atoms with van der Waals surface area (Å²) < 4.78 is 37.1. The molecule has 86 valence electrons. The highest BCUT2D eigenvalue weighted by Gasteiger charge is 2.30. The van der Waals surface area contributed by atoms with Crippen molar-refractivity contribution in [2.75, 3.05) is 5.43 Å². The molecule has 0 fully saturated rings. The van der Waals surface area contributed by atoms with Crippen LogP contribution in [0.25, 0.3) is 11.2 Å². The van der Waals surface area contributed by atoms with Gasteiger partial charge in [0.15, 0.2) is 17.0 Å². The average molecular weight is 233 g/mol. The molecule has 3 N–H and O–H groups in total. The number of hydrogen-bond donors (Lipinski definition) is 2. The standard InChI is InChI=1S/C6H6F3N7/c7-6(8,9)1-16-5-3(14-15-16)4(13-10)11-2-12-5/h2H,1,10H2,(H,11,12,13). The van der Waals surface area contributed by atoms with Crippen LogP contribution in [0.15, 0.2) is 6.33 Å². The molecule has 0 aliphatic carbocycles. The zero-order chi connectivity index (χ0) is 11.8. The summed E-state index contributed by atoms with van der Waals surface area (Å²) in [4.78, 5) is 7.36. The molecule has 0 radical (unpaired) electrons. The van der Waals surface area contributed by atoms with Gasteiger partial charge in [0.25, 0.3) is 0 Å². The molecule has 16 heavy (non-hydrogen) atoms. The Balaban J connectivity index is 2.49. The second kappa shape index (κ2) is 3.56. The summed E-state index contributed by atoms with van der Waals surface area (Å²) in [5, 5.41) is 6.86. The van der Waals surface area contributed by atoms with Gasteiger partial charge in [0, 0.05) is 0 Å². The zero-order valence-electron chi connectivity index (χ0n) is 7.73. The predicted molar refractivity (Wildman–Crippen MR) is 47.0 cm³/mol. The van der Waals surface area contributed by atoms with Crippen LogP contribution < -0.4 is 11.3 Å². The Morgan fingerprint density at radius 1 is 1.38 bits per heavy atom. The van der Waals surface area contributed by atoms with Crippen molar-refractivity contribution >= 4 is 17.0 Å². The van der Waals surface area contributed by atoms with Gasteiger partial charge in [-0.2, -0.15) is 13.2 Å². The second-order valence-corrected chi connectivity index (χ2v) is 2.90. The van der Waals surface area contributed by atoms with Crippen molar-refractivity contribution in [3.05, 3.63) is 6.33 Å². The third-order valence-electron chi connectivity index (χ3n) is 1.77. The van der Waals surface area contributed by atoms with Gasteiger partial charge in [-0.25, -0.2) is 20.5 Å². The molecular formula is C6H6F3N7. The second-order valence-electron chi connectivity index (χ2n) is 2.90. The van der Waals surface area contributed by atoms with Crippen molar-refractivity contribution in [1.29, 1.82) is 0 Å². The maximum atomic E-state index is 12.2. The number of aromatic nitrogens is 5. The SMILES string of the molecule is NNc1ncnc2c1nnn2CC(F)(F)F. The third-order valence-corrected chi connectivity index (χ3v) is 1.77. The molecule has 0 bridgehead atoms. The number of rotatable bonds is 2. The van der Waals surface area contributed by atoms with Gasteiger partial charge in [-0.05, 0) is 0 Å². The first kappa shape index (κ1) is 10.5. The molecule has 0 aliphatic rings. The van der Waals surface area contributed by atoms with Crippen molar-refractivity contribution in [3.8, 4) is 0 Å². The average Bonchev–Trinajstić information content (AvgIpc) is 2.59. The number of anilines is 1. The third kappa shape index (κ3) is 1.86. The van der Waals surface area contributed by atoms with E-state index in [2.05, 4.69) is 25.7 Å². The summed E-state index contributed by atoms with van der Waals surface area (Å²) in [7, 11) is 0. The highest BCUT2D eigenvalue weighted by Crippen LogP contribution is 2.20. The molecule has 10 heteroatoms. The lowest BCUT2D eigenvalue weighted by atomic mass is 10.5. The van der Waals surface area contributed by atoms with Crippen LogP contribution in [0, 0.1) is 0 Å². The Morgan fingerprint density at radius 3 is 2.75 bits per heavy atom. The highest BCUT2D eigenvalue weighted by molar-refractivity contribution is 5.81. The molecule has 2 aromatic heterocycles. The number of hydrazine groups is 1. The lowest BCUT2D eigenvalue weighted by molar-refractivity contribution is -0.142. The zero-order valence-corrected chi connectivity index (χ0v) is 7.73. The van der Waals surface area contributed by atoms with Crippen LogP contribution in [-0.4, -0.2) is 31.1 Å². The number of fused-ring (bicyclic) bond motifs is 1. The normalized spacial score (nSPS) is 12.0. The Hall–Kier alpha value is -1.97. The quantitative estimate of drug-likeness (QED) is 0.563. The number of nitrogen functional groups attached to an aromatic ring is 1. The van der Waals surface area contributed by atoms with Gasteiger partial charge >= 0.3 is 6.18 Å². The Bertz CT molecular complexity index is 504. The fraction of sp³-hybridized carbons (Fsp3) is 0.333. The smallest absolute Gasteiger partial charge is 0.306 e. The number of nitrogens with two attached hydrogens (primary N) is 1. The summed E-state index contributed by atoms with van der Waals surface area (Å²) in [6.07, 6.45) is -3.31. The predicted octanol–water partition coefficient (Wildman–Crippen LogP) is 0.0692. The van der Waals surface area contributed by atoms with E-state index < -0.39 is 12.7 Å². The molecular weight excluding hydrogens is 227 g/mol. The number of nitrogens with zero attached hydrogens (tertiary/aromatic N) is 5. The largest absolute Gasteiger partial charge is 0.408 e. The van der Waals surface area contributed by atoms with Crippen LogP contribution in [0.2, 0.25) is 0 Å². The van der Waals surface area contributed by atoms with Crippen LogP contribution in [0.3, 0.4) is 0 Å². The molecule has 0 aliphatic heterocycles. The molecule has 0 amide bonds. The summed E-state index contributed by atoms with van der Waals surface area (Å²) in [5.41, 5.74) is 2.26. The summed E-state index contributed by atoms with van der Waals surface area (Å²) in [6, 6.07) is 0. The van der Waals surface area contributed by atoms with Gasteiger partial charge in [-0.1, -0.05) is 5.21 Å². The molecule has 0 saturated carbocycles. The summed E-state index contributed by atoms with van der Waals surface area (Å²) in [6.45, 7) is -1.26. The fourth-order valence-electron chi connectivity index (χ4n) is 1.17. The van der Waals surface area contributed by atoms with E-state index in [9.17, 15) is 13.2 Å². The minimum Gasteiger partial charge on any atom is -0.306 e. The van der Waals surface area contributed by atoms with E-state index in [1.807, 2.05) is 0 Å². The monoisotopic (exact) mass is 233 g/mol. The van der Waals surface area contributed by atoms with Crippen LogP contribution in [0.5, 0.6) is 0 Å². The molecule has 0 saturated heterocycles. The topological polar surface area (TPSA) is 94.5 Å². The van der Waals surface area contributed by atoms with Crippen molar-refractivity contribution in [1.82, 2.24) is 25.0 Å². The van der Waals surface area contributed by atoms with Gasteiger partial charge in [0.05, 0.1) is 0 Å². The minimum absolute atomic E-state index is 0.0275. The fourth-order valence-corrected chi connectivity index (χ4v) is 1.17. The van der Waals surface area contributed by atoms with E-state index in [-0.39, 0.29) is 17.0 Å². The van der Waals surface area contributed by atoms with E-state index in [1.165, 1.54) is 0 Å². The summed E-state index contributed by atoms with van der Waals surface area (Å²) >= 11 is 0. The number of halogens is 3. The van der Waals surface area contributed by atoms with Crippen molar-refractivity contribution in [2.45, 2.75) is 12.7 Å². The molecule has 2 rings (SSSR count). The van der Waals surface area contributed by atoms with Crippen molar-refractivity contribution in [3.63, 3.8) is 0 Å². The van der Waals surface area contributed by atoms with Gasteiger partial charge in [-0.15, -0.1) is 5.10 Å². The first-order valence-electron chi connectivity index (χ1n) is 4.09. The van der Waals surface area contributed by atoms with Crippen LogP contribution in [-0.2, 0) is 6.54 Å². The number of hydrogen-bond acceptors (Lipinski definition) is 6. The van der Waals surface area contributed by atoms with Crippen molar-refractivity contribution < 1.29 is 13.2 Å². The molecule has 7 nitrogen and oxygen atoms in total. The molecule has 2 heterocycles. The van der Waals surface area contributed by atoms with Gasteiger partial charge < -0.3 is 5.43 Å². The lowest BCUT2D eigenvalue weighted by Crippen LogP contribution is -2.19. The van der Waals surface area contributed by atoms with Crippen molar-refractivity contribution in [2.24, 2.45) is 5.84 Å². The molecule has 0 unspecified atom stereocenters. The van der Waals surface area contributed by atoms with Gasteiger partial charge in [-0.3, -0.25) is 0 Å². The molecule has 0 spiro atoms. The number of alkyl halides is 3.